The van der Waals surface area contributed by atoms with E-state index in [9.17, 15) is 9.59 Å². The molecule has 0 aliphatic carbocycles. The molecule has 0 radical (unpaired) electrons. The predicted molar refractivity (Wildman–Crippen MR) is 127 cm³/mol. The second-order valence-electron chi connectivity index (χ2n) is 6.71. The Morgan fingerprint density at radius 2 is 1.80 bits per heavy atom. The molecule has 162 valence electrons. The molecule has 2 amide bonds. The first-order valence-electron chi connectivity index (χ1n) is 9.69. The third kappa shape index (κ3) is 7.38. The SMILES string of the molecule is CCNC(=O)[C@@H](CC)N(Cc1ccc(Cl)c(Cl)c1)C(=O)CSCc1cccc(Cl)c1. The molecule has 0 saturated carbocycles. The van der Waals surface area contributed by atoms with Crippen LogP contribution in [0, 0.1) is 0 Å². The van der Waals surface area contributed by atoms with Crippen molar-refractivity contribution >= 4 is 58.4 Å². The van der Waals surface area contributed by atoms with Crippen LogP contribution < -0.4 is 5.32 Å². The molecule has 0 aliphatic heterocycles. The molecule has 2 rings (SSSR count). The molecule has 2 aromatic carbocycles. The molecule has 0 bridgehead atoms. The van der Waals surface area contributed by atoms with Crippen molar-refractivity contribution in [2.24, 2.45) is 0 Å². The minimum Gasteiger partial charge on any atom is -0.355 e. The largest absolute Gasteiger partial charge is 0.355 e. The van der Waals surface area contributed by atoms with E-state index in [-0.39, 0.29) is 24.1 Å². The Labute approximate surface area is 197 Å². The Kier molecular flexibility index (Phi) is 10.3. The summed E-state index contributed by atoms with van der Waals surface area (Å²) in [5, 5.41) is 4.36. The molecule has 30 heavy (non-hydrogen) atoms. The molecule has 1 atom stereocenters. The summed E-state index contributed by atoms with van der Waals surface area (Å²) in [4.78, 5) is 27.3. The Morgan fingerprint density at radius 3 is 2.43 bits per heavy atom. The Balaban J connectivity index is 2.14. The van der Waals surface area contributed by atoms with Gasteiger partial charge in [0.15, 0.2) is 0 Å². The molecule has 0 saturated heterocycles. The molecule has 0 fully saturated rings. The maximum absolute atomic E-state index is 13.1. The van der Waals surface area contributed by atoms with Crippen LogP contribution in [0.15, 0.2) is 42.5 Å². The van der Waals surface area contributed by atoms with E-state index in [1.54, 1.807) is 17.0 Å². The summed E-state index contributed by atoms with van der Waals surface area (Å²) in [6, 6.07) is 12.3. The van der Waals surface area contributed by atoms with Crippen LogP contribution in [0.2, 0.25) is 15.1 Å². The first-order chi connectivity index (χ1) is 14.3. The van der Waals surface area contributed by atoms with Gasteiger partial charge in [-0.15, -0.1) is 11.8 Å². The lowest BCUT2D eigenvalue weighted by molar-refractivity contribution is -0.139. The summed E-state index contributed by atoms with van der Waals surface area (Å²) in [7, 11) is 0. The number of halogens is 3. The molecule has 0 unspecified atom stereocenters. The minimum atomic E-state index is -0.557. The quantitative estimate of drug-likeness (QED) is 0.459. The second kappa shape index (κ2) is 12.5. The fourth-order valence-electron chi connectivity index (χ4n) is 3.01. The topological polar surface area (TPSA) is 49.4 Å². The lowest BCUT2D eigenvalue weighted by atomic mass is 10.1. The van der Waals surface area contributed by atoms with E-state index in [1.165, 1.54) is 11.8 Å². The molecule has 2 aromatic rings. The van der Waals surface area contributed by atoms with Gasteiger partial charge in [-0.1, -0.05) is 59.9 Å². The van der Waals surface area contributed by atoms with Crippen LogP contribution in [-0.2, 0) is 21.9 Å². The summed E-state index contributed by atoms with van der Waals surface area (Å²) in [5.41, 5.74) is 1.87. The second-order valence-corrected chi connectivity index (χ2v) is 8.95. The Hall–Kier alpha value is -1.40. The van der Waals surface area contributed by atoms with Crippen LogP contribution in [0.25, 0.3) is 0 Å². The van der Waals surface area contributed by atoms with Crippen molar-refractivity contribution in [1.29, 1.82) is 0 Å². The fraction of sp³-hybridized carbons (Fsp3) is 0.364. The van der Waals surface area contributed by atoms with E-state index in [2.05, 4.69) is 5.32 Å². The minimum absolute atomic E-state index is 0.105. The summed E-state index contributed by atoms with van der Waals surface area (Å²) in [6.07, 6.45) is 0.512. The van der Waals surface area contributed by atoms with Gasteiger partial charge in [-0.25, -0.2) is 0 Å². The number of amides is 2. The molecule has 0 aliphatic rings. The average Bonchev–Trinajstić information content (AvgIpc) is 2.70. The molecule has 0 spiro atoms. The van der Waals surface area contributed by atoms with Crippen molar-refractivity contribution in [3.63, 3.8) is 0 Å². The number of thioether (sulfide) groups is 1. The Morgan fingerprint density at radius 1 is 1.03 bits per heavy atom. The lowest BCUT2D eigenvalue weighted by Crippen LogP contribution is -2.49. The van der Waals surface area contributed by atoms with Gasteiger partial charge in [-0.3, -0.25) is 9.59 Å². The van der Waals surface area contributed by atoms with E-state index in [0.29, 0.717) is 33.8 Å². The molecular formula is C22H25Cl3N2O2S. The van der Waals surface area contributed by atoms with Gasteiger partial charge in [0.05, 0.1) is 15.8 Å². The lowest BCUT2D eigenvalue weighted by Gasteiger charge is -2.30. The predicted octanol–water partition coefficient (Wildman–Crippen LogP) is 5.82. The summed E-state index contributed by atoms with van der Waals surface area (Å²) in [6.45, 7) is 4.54. The highest BCUT2D eigenvalue weighted by Gasteiger charge is 2.28. The summed E-state index contributed by atoms with van der Waals surface area (Å²) < 4.78 is 0. The van der Waals surface area contributed by atoms with Gasteiger partial charge < -0.3 is 10.2 Å². The van der Waals surface area contributed by atoms with Crippen molar-refractivity contribution in [2.75, 3.05) is 12.3 Å². The zero-order valence-electron chi connectivity index (χ0n) is 17.0. The normalized spacial score (nSPS) is 11.8. The van der Waals surface area contributed by atoms with E-state index in [0.717, 1.165) is 11.1 Å². The molecule has 0 aromatic heterocycles. The number of hydrogen-bond acceptors (Lipinski definition) is 3. The van der Waals surface area contributed by atoms with E-state index in [4.69, 9.17) is 34.8 Å². The van der Waals surface area contributed by atoms with Crippen molar-refractivity contribution in [3.8, 4) is 0 Å². The molecule has 8 heteroatoms. The molecular weight excluding hydrogens is 463 g/mol. The number of carbonyl (C=O) groups excluding carboxylic acids is 2. The third-order valence-electron chi connectivity index (χ3n) is 4.46. The summed E-state index contributed by atoms with van der Waals surface area (Å²) >= 11 is 19.7. The highest BCUT2D eigenvalue weighted by molar-refractivity contribution is 7.99. The molecule has 0 heterocycles. The van der Waals surface area contributed by atoms with Crippen molar-refractivity contribution < 1.29 is 9.59 Å². The van der Waals surface area contributed by atoms with Crippen LogP contribution >= 0.6 is 46.6 Å². The number of rotatable bonds is 10. The van der Waals surface area contributed by atoms with Gasteiger partial charge in [0, 0.05) is 23.9 Å². The van der Waals surface area contributed by atoms with Gasteiger partial charge in [0.25, 0.3) is 0 Å². The highest BCUT2D eigenvalue weighted by Crippen LogP contribution is 2.25. The smallest absolute Gasteiger partial charge is 0.242 e. The number of likely N-dealkylation sites (N-methyl/N-ethyl adjacent to an activating group) is 1. The van der Waals surface area contributed by atoms with Crippen LogP contribution in [0.1, 0.15) is 31.4 Å². The van der Waals surface area contributed by atoms with Crippen LogP contribution in [0.3, 0.4) is 0 Å². The number of nitrogens with zero attached hydrogens (tertiary/aromatic N) is 1. The van der Waals surface area contributed by atoms with Gasteiger partial charge >= 0.3 is 0 Å². The van der Waals surface area contributed by atoms with Crippen molar-refractivity contribution in [3.05, 3.63) is 68.7 Å². The zero-order valence-corrected chi connectivity index (χ0v) is 20.0. The van der Waals surface area contributed by atoms with E-state index >= 15 is 0 Å². The molecule has 1 N–H and O–H groups in total. The monoisotopic (exact) mass is 486 g/mol. The average molecular weight is 488 g/mol. The summed E-state index contributed by atoms with van der Waals surface area (Å²) in [5.74, 6) is 0.647. The Bertz CT molecular complexity index is 879. The van der Waals surface area contributed by atoms with Gasteiger partial charge in [0.2, 0.25) is 11.8 Å². The first-order valence-corrected chi connectivity index (χ1v) is 12.0. The third-order valence-corrected chi connectivity index (χ3v) is 6.42. The highest BCUT2D eigenvalue weighted by atomic mass is 35.5. The molecule has 4 nitrogen and oxygen atoms in total. The fourth-order valence-corrected chi connectivity index (χ4v) is 4.40. The maximum atomic E-state index is 13.1. The zero-order chi connectivity index (χ0) is 22.1. The van der Waals surface area contributed by atoms with E-state index in [1.807, 2.05) is 44.2 Å². The van der Waals surface area contributed by atoms with Crippen molar-refractivity contribution in [1.82, 2.24) is 10.2 Å². The van der Waals surface area contributed by atoms with E-state index < -0.39 is 6.04 Å². The standard InChI is InChI=1S/C22H25Cl3N2O2S/c1-3-20(22(29)26-4-2)27(12-15-8-9-18(24)19(25)11-15)21(28)14-30-13-16-6-5-7-17(23)10-16/h5-11,20H,3-4,12-14H2,1-2H3,(H,26,29)/t20-/m1/s1. The number of benzene rings is 2. The van der Waals surface area contributed by atoms with Crippen LogP contribution in [0.4, 0.5) is 0 Å². The van der Waals surface area contributed by atoms with Gasteiger partial charge in [-0.05, 0) is 48.7 Å². The number of hydrogen-bond donors (Lipinski definition) is 1. The first kappa shape index (κ1) is 24.9. The van der Waals surface area contributed by atoms with Crippen LogP contribution in [0.5, 0.6) is 0 Å². The number of carbonyl (C=O) groups is 2. The maximum Gasteiger partial charge on any atom is 0.242 e. The van der Waals surface area contributed by atoms with Crippen molar-refractivity contribution in [2.45, 2.75) is 38.6 Å². The number of nitrogens with one attached hydrogen (secondary N) is 1. The van der Waals surface area contributed by atoms with Gasteiger partial charge in [0.1, 0.15) is 6.04 Å². The van der Waals surface area contributed by atoms with Crippen LogP contribution in [-0.4, -0.2) is 35.1 Å². The van der Waals surface area contributed by atoms with Gasteiger partial charge in [-0.2, -0.15) is 0 Å².